The van der Waals surface area contributed by atoms with E-state index in [0.29, 0.717) is 115 Å². The van der Waals surface area contributed by atoms with Crippen molar-refractivity contribution in [1.29, 1.82) is 0 Å². The number of anilines is 1. The standard InChI is InChI=1S/C78H108N12O28P2S2/c1-50(2)58(42-61(92)59(84-65(94)13-7-6-10-23-89-67(95)18-19-68(89)96)43-80-64(93)21-24-105-27-28-107-31-32-109-35-36-111-38-37-110-34-33-108-30-29-106-26-25-104-5)74(99)83-51(3)60(91)39-52-14-16-53(17-15-52)45-112-78(101)88(4)44-54-11-8-9-12-57(54)73(98)86-77-85-72-69(75(100)87-77)82-49-90(72)76-71-70(97)63(116-76)47-114-119(102,121)117-62-41-56(115-66-20-22-79-48-81-66)40-55(62)46-113-120(103,122)118-71/h8-9,11-12,14-20,22,48-51,55-56,58-59,62-63,70-71,76,97H,6-7,10,13,21,23-47H2,1-5H3,(H,80,93)(H,83,99)(H,84,94)(H,102,121)(H,103,122)(H2,85,86,87,98,100)/t51-,55+,56+,58-,59-,62-,63+,70+,71+,76+,119?,120?/m0/s1. The number of carbonyl (C=O) groups is 9. The normalized spacial score (nSPS) is 21.7. The molecule has 1 saturated carbocycles. The summed E-state index contributed by atoms with van der Waals surface area (Å²) in [5.41, 5.74) is 0.320. The number of carbonyl (C=O) groups excluding carboxylic acids is 9. The number of imidazole rings is 1. The van der Waals surface area contributed by atoms with Crippen LogP contribution in [0.25, 0.3) is 11.2 Å². The second-order valence-electron chi connectivity index (χ2n) is 29.2. The fourth-order valence-electron chi connectivity index (χ4n) is 13.1. The highest BCUT2D eigenvalue weighted by molar-refractivity contribution is 8.44. The summed E-state index contributed by atoms with van der Waals surface area (Å²) in [7, 11) is 3.07. The molecule has 5 aromatic rings. The number of aromatic amines is 1. The minimum absolute atomic E-state index is 0.0158. The number of H-pyrrole nitrogens is 1. The largest absolute Gasteiger partial charge is 0.474 e. The Balaban J connectivity index is 0.702. The third-order valence-corrected chi connectivity index (χ3v) is 23.0. The molecule has 6 heterocycles. The van der Waals surface area contributed by atoms with Gasteiger partial charge in [0.25, 0.3) is 23.3 Å². The van der Waals surface area contributed by atoms with Gasteiger partial charge in [-0.3, -0.25) is 67.4 Å². The van der Waals surface area contributed by atoms with Gasteiger partial charge in [0.05, 0.1) is 131 Å². The van der Waals surface area contributed by atoms with Crippen molar-refractivity contribution in [2.45, 2.75) is 141 Å². The van der Waals surface area contributed by atoms with Gasteiger partial charge in [-0.05, 0) is 66.7 Å². The third kappa shape index (κ3) is 31.7. The van der Waals surface area contributed by atoms with E-state index in [-0.39, 0.29) is 126 Å². The number of hydrogen-bond acceptors (Lipinski definition) is 32. The number of nitrogens with zero attached hydrogens (tertiary/aromatic N) is 7. The number of fused-ring (bicyclic) bond motifs is 4. The molecule has 0 radical (unpaired) electrons. The highest BCUT2D eigenvalue weighted by Crippen LogP contribution is 2.59. The molecule has 670 valence electrons. The summed E-state index contributed by atoms with van der Waals surface area (Å²) in [5, 5.41) is 22.4. The van der Waals surface area contributed by atoms with Gasteiger partial charge in [0.15, 0.2) is 29.0 Å². The van der Waals surface area contributed by atoms with Gasteiger partial charge in [0, 0.05) is 108 Å². The van der Waals surface area contributed by atoms with Crippen LogP contribution in [-0.4, -0.2) is 285 Å². The predicted molar refractivity (Wildman–Crippen MR) is 440 cm³/mol. The van der Waals surface area contributed by atoms with Crippen LogP contribution >= 0.6 is 25.8 Å². The summed E-state index contributed by atoms with van der Waals surface area (Å²) >= 11 is 9.64. The van der Waals surface area contributed by atoms with Gasteiger partial charge in [0.1, 0.15) is 43.4 Å². The lowest BCUT2D eigenvalue weighted by molar-refractivity contribution is -0.137. The monoisotopic (exact) mass is 1790 g/mol. The molecular formula is C78H108N12O28P2S2. The molecule has 3 aliphatic heterocycles. The third-order valence-electron chi connectivity index (χ3n) is 19.8. The van der Waals surface area contributed by atoms with Gasteiger partial charge in [0.2, 0.25) is 29.5 Å². The first-order valence-corrected chi connectivity index (χ1v) is 45.3. The van der Waals surface area contributed by atoms with E-state index in [0.717, 1.165) is 11.2 Å². The quantitative estimate of drug-likeness (QED) is 0.0117. The molecule has 2 saturated heterocycles. The topological polar surface area (TPSA) is 494 Å². The van der Waals surface area contributed by atoms with Crippen molar-refractivity contribution < 1.29 is 128 Å². The summed E-state index contributed by atoms with van der Waals surface area (Å²) in [5.74, 6) is -6.06. The van der Waals surface area contributed by atoms with E-state index < -0.39 is 140 Å². The zero-order valence-electron chi connectivity index (χ0n) is 68.5. The fourth-order valence-corrected chi connectivity index (χ4v) is 16.1. The van der Waals surface area contributed by atoms with E-state index in [9.17, 15) is 62.5 Å². The number of ketones is 2. The van der Waals surface area contributed by atoms with Crippen LogP contribution in [0.4, 0.5) is 10.7 Å². The van der Waals surface area contributed by atoms with E-state index in [1.807, 2.05) is 0 Å². The summed E-state index contributed by atoms with van der Waals surface area (Å²) < 4.78 is 99.8. The number of amides is 7. The van der Waals surface area contributed by atoms with Crippen molar-refractivity contribution in [1.82, 2.24) is 55.2 Å². The van der Waals surface area contributed by atoms with Crippen LogP contribution in [0.15, 0.2) is 90.4 Å². The molecule has 40 nitrogen and oxygen atoms in total. The Labute approximate surface area is 714 Å². The number of hydrogen-bond donors (Lipinski definition) is 8. The van der Waals surface area contributed by atoms with Gasteiger partial charge in [-0.2, -0.15) is 4.98 Å². The fraction of sp³-hybridized carbons (Fsp3) is 0.590. The first-order chi connectivity index (χ1) is 58.6. The Bertz CT molecular complexity index is 4440. The number of Topliss-reactive ketones (excluding diaryl/α,β-unsaturated/α-hetero) is 2. The van der Waals surface area contributed by atoms with E-state index in [2.05, 4.69) is 58.4 Å². The zero-order chi connectivity index (χ0) is 87.6. The maximum Gasteiger partial charge on any atom is 0.410 e. The van der Waals surface area contributed by atoms with E-state index in [1.165, 1.54) is 54.2 Å². The second-order valence-corrected chi connectivity index (χ2v) is 34.9. The SMILES string of the molecule is COCCOCCOCCOCCOCCOCCOCCOCCC(=O)NC[C@H](NC(=O)CCCCCN1C(=O)C=CC1=O)C(=O)C[C@H](C(=O)N[C@@H](C)C(=O)Cc1ccc(COC(=O)N(C)Cc2ccccc2C(=O)Nc2nc3c(ncn3[C@@H]3O[C@@H]4COP(O)(=S)O[C@H]5C[C@H](Oc6ccncn6)C[C@@H]5COP(=O)(S)O[C@@H]3[C@@H]4O)c(=O)[nH]2)cc1)C(C)C. The lowest BCUT2D eigenvalue weighted by Gasteiger charge is -2.27. The van der Waals surface area contributed by atoms with Crippen LogP contribution in [0, 0.1) is 17.8 Å². The molecule has 2 aromatic carbocycles. The summed E-state index contributed by atoms with van der Waals surface area (Å²) in [6.45, 7) is 0.841. The molecule has 3 fully saturated rings. The zero-order valence-corrected chi connectivity index (χ0v) is 72.0. The maximum atomic E-state index is 14.2. The number of imide groups is 1. The highest BCUT2D eigenvalue weighted by atomic mass is 32.7. The molecule has 4 aliphatic rings. The molecule has 3 aromatic heterocycles. The summed E-state index contributed by atoms with van der Waals surface area (Å²) in [6, 6.07) is 12.3. The smallest absolute Gasteiger partial charge is 0.410 e. The van der Waals surface area contributed by atoms with Crippen LogP contribution in [-0.2, 0) is 135 Å². The number of aliphatic hydroxyl groups excluding tert-OH is 1. The predicted octanol–water partition coefficient (Wildman–Crippen LogP) is 4.21. The van der Waals surface area contributed by atoms with Crippen LogP contribution in [0.3, 0.4) is 0 Å². The molecule has 7 amide bonds. The van der Waals surface area contributed by atoms with E-state index in [4.69, 9.17) is 82.0 Å². The number of benzene rings is 2. The average Bonchev–Trinajstić information content (AvgIpc) is 1.61. The molecule has 7 N–H and O–H groups in total. The summed E-state index contributed by atoms with van der Waals surface area (Å²) in [6.07, 6.45) is -0.514. The minimum atomic E-state index is -4.40. The molecule has 1 aliphatic carbocycles. The second kappa shape index (κ2) is 50.0. The Hall–Kier alpha value is -8.33. The van der Waals surface area contributed by atoms with Crippen molar-refractivity contribution in [2.24, 2.45) is 17.8 Å². The number of nitrogens with one attached hydrogen (secondary N) is 5. The number of rotatable bonds is 51. The van der Waals surface area contributed by atoms with Gasteiger partial charge in [-0.15, -0.1) is 0 Å². The number of thiol groups is 1. The number of aliphatic hydroxyl groups is 1. The Morgan fingerprint density at radius 1 is 0.738 bits per heavy atom. The van der Waals surface area contributed by atoms with Crippen molar-refractivity contribution in [3.63, 3.8) is 0 Å². The lowest BCUT2D eigenvalue weighted by atomic mass is 9.87. The maximum absolute atomic E-state index is 14.2. The molecule has 9 rings (SSSR count). The first kappa shape index (κ1) is 97.5. The van der Waals surface area contributed by atoms with Gasteiger partial charge >= 0.3 is 19.6 Å². The van der Waals surface area contributed by atoms with Gasteiger partial charge in [-0.1, -0.05) is 75.0 Å². The van der Waals surface area contributed by atoms with Crippen molar-refractivity contribution in [3.05, 3.63) is 118 Å². The van der Waals surface area contributed by atoms with Crippen LogP contribution in [0.1, 0.15) is 105 Å². The van der Waals surface area contributed by atoms with Crippen LogP contribution in [0.2, 0.25) is 0 Å². The van der Waals surface area contributed by atoms with Gasteiger partial charge in [-0.25, -0.2) is 24.3 Å². The number of ether oxygens (including phenoxy) is 11. The van der Waals surface area contributed by atoms with Gasteiger partial charge < -0.3 is 96.5 Å². The highest BCUT2D eigenvalue weighted by Gasteiger charge is 2.51. The Kier molecular flexibility index (Phi) is 39.9. The van der Waals surface area contributed by atoms with E-state index in [1.54, 1.807) is 69.5 Å². The molecular weight excluding hydrogens is 1680 g/mol. The first-order valence-electron chi connectivity index (χ1n) is 40.0. The molecule has 2 bridgehead atoms. The van der Waals surface area contributed by atoms with Crippen molar-refractivity contribution in [2.75, 3.05) is 145 Å². The number of aromatic nitrogens is 6. The minimum Gasteiger partial charge on any atom is -0.474 e. The molecule has 2 unspecified atom stereocenters. The van der Waals surface area contributed by atoms with E-state index >= 15 is 0 Å². The Morgan fingerprint density at radius 2 is 1.38 bits per heavy atom. The van der Waals surface area contributed by atoms with Crippen molar-refractivity contribution >= 4 is 108 Å². The number of methoxy groups -OCH3 is 1. The molecule has 0 spiro atoms. The van der Waals surface area contributed by atoms with Crippen molar-refractivity contribution in [3.8, 4) is 5.88 Å². The number of unbranched alkanes of at least 4 members (excludes halogenated alkanes) is 2. The molecule has 12 atom stereocenters. The molecule has 122 heavy (non-hydrogen) atoms. The summed E-state index contributed by atoms with van der Waals surface area (Å²) in [4.78, 5) is 166. The molecule has 44 heteroatoms. The van der Waals surface area contributed by atoms with Crippen LogP contribution < -0.4 is 31.6 Å². The Morgan fingerprint density at radius 3 is 2.02 bits per heavy atom. The lowest BCUT2D eigenvalue weighted by Crippen LogP contribution is -2.50. The average molecular weight is 1790 g/mol. The van der Waals surface area contributed by atoms with Crippen LogP contribution in [0.5, 0.6) is 5.88 Å².